The fraction of sp³-hybridized carbons (Fsp3) is 0.500. The number of carbonyl (C=O) groups excluding carboxylic acids is 1. The Kier molecular flexibility index (Phi) is 4.22. The molecule has 1 fully saturated rings. The summed E-state index contributed by atoms with van der Waals surface area (Å²) in [5.41, 5.74) is 5.93. The largest absolute Gasteiger partial charge is 0.336 e. The second-order valence-corrected chi connectivity index (χ2v) is 4.29. The van der Waals surface area contributed by atoms with Crippen molar-refractivity contribution in [2.24, 2.45) is 5.73 Å². The number of hydrogen-bond acceptors (Lipinski definition) is 4. The molecule has 1 amide bonds. The first-order valence-corrected chi connectivity index (χ1v) is 6.04. The molecule has 1 saturated heterocycles. The first-order valence-electron chi connectivity index (χ1n) is 6.04. The molecule has 1 aliphatic rings. The normalized spacial score (nSPS) is 16.9. The van der Waals surface area contributed by atoms with Gasteiger partial charge in [0, 0.05) is 45.5 Å². The molecule has 0 spiro atoms. The molecule has 1 aromatic rings. The van der Waals surface area contributed by atoms with E-state index in [2.05, 4.69) is 9.88 Å². The number of nitrogens with zero attached hydrogens (tertiary/aromatic N) is 3. The van der Waals surface area contributed by atoms with Crippen LogP contribution >= 0.6 is 0 Å². The number of piperazine rings is 1. The molecule has 1 aromatic heterocycles. The molecule has 98 valence electrons. The van der Waals surface area contributed by atoms with E-state index in [-0.39, 0.29) is 5.91 Å². The molecule has 6 heteroatoms. The lowest BCUT2D eigenvalue weighted by atomic mass is 10.2. The summed E-state index contributed by atoms with van der Waals surface area (Å²) in [5.74, 6) is -0.658. The molecule has 2 heterocycles. The van der Waals surface area contributed by atoms with E-state index in [1.54, 1.807) is 4.90 Å². The van der Waals surface area contributed by atoms with Crippen LogP contribution < -0.4 is 5.73 Å². The zero-order valence-electron chi connectivity index (χ0n) is 10.2. The third kappa shape index (κ3) is 3.02. The zero-order valence-corrected chi connectivity index (χ0v) is 10.2. The van der Waals surface area contributed by atoms with Crippen LogP contribution in [0.4, 0.5) is 4.39 Å². The lowest BCUT2D eigenvalue weighted by molar-refractivity contribution is 0.0640. The summed E-state index contributed by atoms with van der Waals surface area (Å²) in [6, 6.07) is 2.68. The second-order valence-electron chi connectivity index (χ2n) is 4.29. The number of aromatic nitrogens is 1. The van der Waals surface area contributed by atoms with Crippen molar-refractivity contribution in [1.29, 1.82) is 0 Å². The van der Waals surface area contributed by atoms with Crippen LogP contribution in [-0.4, -0.2) is 60.0 Å². The van der Waals surface area contributed by atoms with E-state index in [9.17, 15) is 9.18 Å². The highest BCUT2D eigenvalue weighted by atomic mass is 19.1. The van der Waals surface area contributed by atoms with Gasteiger partial charge in [-0.05, 0) is 12.1 Å². The van der Waals surface area contributed by atoms with Crippen molar-refractivity contribution < 1.29 is 9.18 Å². The summed E-state index contributed by atoms with van der Waals surface area (Å²) in [4.78, 5) is 19.6. The molecule has 0 aliphatic carbocycles. The number of pyridine rings is 1. The number of carbonyl (C=O) groups is 1. The number of rotatable bonds is 3. The maximum atomic E-state index is 12.7. The minimum absolute atomic E-state index is 0.0881. The van der Waals surface area contributed by atoms with Crippen molar-refractivity contribution in [2.45, 2.75) is 0 Å². The van der Waals surface area contributed by atoms with Crippen LogP contribution in [0.2, 0.25) is 0 Å². The van der Waals surface area contributed by atoms with Crippen molar-refractivity contribution >= 4 is 5.91 Å². The van der Waals surface area contributed by atoms with E-state index in [4.69, 9.17) is 5.73 Å². The third-order valence-corrected chi connectivity index (χ3v) is 3.08. The molecule has 1 aliphatic heterocycles. The second kappa shape index (κ2) is 5.88. The minimum atomic E-state index is -0.570. The van der Waals surface area contributed by atoms with E-state index < -0.39 is 5.95 Å². The standard InChI is InChI=1S/C12H17FN4O/c13-11-2-1-10(9-15-11)12(18)17-7-5-16(4-3-14)6-8-17/h1-2,9H,3-8,14H2. The summed E-state index contributed by atoms with van der Waals surface area (Å²) in [5, 5.41) is 0. The van der Waals surface area contributed by atoms with E-state index >= 15 is 0 Å². The smallest absolute Gasteiger partial charge is 0.255 e. The Morgan fingerprint density at radius 1 is 1.33 bits per heavy atom. The molecule has 0 bridgehead atoms. The van der Waals surface area contributed by atoms with Gasteiger partial charge in [0.15, 0.2) is 0 Å². The van der Waals surface area contributed by atoms with Gasteiger partial charge < -0.3 is 10.6 Å². The molecule has 0 aromatic carbocycles. The zero-order chi connectivity index (χ0) is 13.0. The monoisotopic (exact) mass is 252 g/mol. The topological polar surface area (TPSA) is 62.5 Å². The Labute approximate surface area is 105 Å². The maximum absolute atomic E-state index is 12.7. The molecule has 18 heavy (non-hydrogen) atoms. The van der Waals surface area contributed by atoms with E-state index in [1.165, 1.54) is 18.3 Å². The lowest BCUT2D eigenvalue weighted by Gasteiger charge is -2.34. The average molecular weight is 252 g/mol. The van der Waals surface area contributed by atoms with Crippen molar-refractivity contribution in [3.63, 3.8) is 0 Å². The van der Waals surface area contributed by atoms with Crippen LogP contribution in [0.3, 0.4) is 0 Å². The number of nitrogens with two attached hydrogens (primary N) is 1. The van der Waals surface area contributed by atoms with Crippen LogP contribution in [0.15, 0.2) is 18.3 Å². The average Bonchev–Trinajstić information content (AvgIpc) is 2.40. The SMILES string of the molecule is NCCN1CCN(C(=O)c2ccc(F)nc2)CC1. The van der Waals surface area contributed by atoms with Crippen LogP contribution in [0.25, 0.3) is 0 Å². The van der Waals surface area contributed by atoms with Gasteiger partial charge in [-0.1, -0.05) is 0 Å². The van der Waals surface area contributed by atoms with Gasteiger partial charge in [-0.3, -0.25) is 9.69 Å². The summed E-state index contributed by atoms with van der Waals surface area (Å²) in [7, 11) is 0. The lowest BCUT2D eigenvalue weighted by Crippen LogP contribution is -2.49. The molecule has 2 rings (SSSR count). The van der Waals surface area contributed by atoms with Crippen molar-refractivity contribution in [3.8, 4) is 0 Å². The van der Waals surface area contributed by atoms with E-state index in [0.717, 1.165) is 19.6 Å². The molecule has 0 saturated carbocycles. The minimum Gasteiger partial charge on any atom is -0.336 e. The summed E-state index contributed by atoms with van der Waals surface area (Å²) >= 11 is 0. The molecule has 0 atom stereocenters. The van der Waals surface area contributed by atoms with Crippen molar-refractivity contribution in [2.75, 3.05) is 39.3 Å². The van der Waals surface area contributed by atoms with Crippen LogP contribution in [0.5, 0.6) is 0 Å². The first kappa shape index (κ1) is 12.9. The predicted molar refractivity (Wildman–Crippen MR) is 65.6 cm³/mol. The Morgan fingerprint density at radius 2 is 2.06 bits per heavy atom. The Morgan fingerprint density at radius 3 is 2.61 bits per heavy atom. The molecular weight excluding hydrogens is 235 g/mol. The molecule has 0 unspecified atom stereocenters. The van der Waals surface area contributed by atoms with Gasteiger partial charge in [0.1, 0.15) is 0 Å². The van der Waals surface area contributed by atoms with Crippen LogP contribution in [0.1, 0.15) is 10.4 Å². The maximum Gasteiger partial charge on any atom is 0.255 e. The molecule has 2 N–H and O–H groups in total. The fourth-order valence-corrected chi connectivity index (χ4v) is 2.04. The predicted octanol–water partition coefficient (Wildman–Crippen LogP) is -0.0628. The van der Waals surface area contributed by atoms with Gasteiger partial charge in [-0.2, -0.15) is 4.39 Å². The number of hydrogen-bond donors (Lipinski definition) is 1. The Bertz CT molecular complexity index is 401. The van der Waals surface area contributed by atoms with Gasteiger partial charge in [0.2, 0.25) is 5.95 Å². The van der Waals surface area contributed by atoms with Crippen molar-refractivity contribution in [1.82, 2.24) is 14.8 Å². The highest BCUT2D eigenvalue weighted by Gasteiger charge is 2.21. The Balaban J connectivity index is 1.93. The molecular formula is C12H17FN4O. The first-order chi connectivity index (χ1) is 8.70. The van der Waals surface area contributed by atoms with Gasteiger partial charge in [-0.15, -0.1) is 0 Å². The fourth-order valence-electron chi connectivity index (χ4n) is 2.04. The van der Waals surface area contributed by atoms with Gasteiger partial charge in [-0.25, -0.2) is 4.98 Å². The number of halogens is 1. The highest BCUT2D eigenvalue weighted by molar-refractivity contribution is 5.93. The third-order valence-electron chi connectivity index (χ3n) is 3.08. The van der Waals surface area contributed by atoms with Crippen molar-refractivity contribution in [3.05, 3.63) is 29.8 Å². The summed E-state index contributed by atoms with van der Waals surface area (Å²) in [6.07, 6.45) is 1.28. The van der Waals surface area contributed by atoms with Crippen LogP contribution in [-0.2, 0) is 0 Å². The van der Waals surface area contributed by atoms with Gasteiger partial charge >= 0.3 is 0 Å². The van der Waals surface area contributed by atoms with E-state index in [0.29, 0.717) is 25.2 Å². The summed E-state index contributed by atoms with van der Waals surface area (Å²) < 4.78 is 12.7. The van der Waals surface area contributed by atoms with E-state index in [1.807, 2.05) is 0 Å². The molecule has 5 nitrogen and oxygen atoms in total. The Hall–Kier alpha value is -1.53. The van der Waals surface area contributed by atoms with Gasteiger partial charge in [0.25, 0.3) is 5.91 Å². The van der Waals surface area contributed by atoms with Crippen LogP contribution in [0, 0.1) is 5.95 Å². The van der Waals surface area contributed by atoms with Gasteiger partial charge in [0.05, 0.1) is 5.56 Å². The number of amides is 1. The quantitative estimate of drug-likeness (QED) is 0.765. The molecule has 0 radical (unpaired) electrons. The summed E-state index contributed by atoms with van der Waals surface area (Å²) in [6.45, 7) is 4.51. The highest BCUT2D eigenvalue weighted by Crippen LogP contribution is 2.08.